The van der Waals surface area contributed by atoms with E-state index in [4.69, 9.17) is 5.73 Å². The van der Waals surface area contributed by atoms with Gasteiger partial charge in [-0.15, -0.1) is 0 Å². The predicted octanol–water partition coefficient (Wildman–Crippen LogP) is 1.94. The van der Waals surface area contributed by atoms with Crippen LogP contribution < -0.4 is 11.1 Å². The van der Waals surface area contributed by atoms with Crippen molar-refractivity contribution in [2.45, 2.75) is 52.0 Å². The summed E-state index contributed by atoms with van der Waals surface area (Å²) in [5, 5.41) is 3.27. The molecule has 0 unspecified atom stereocenters. The summed E-state index contributed by atoms with van der Waals surface area (Å²) in [6.45, 7) is 6.73. The van der Waals surface area contributed by atoms with Crippen LogP contribution in [0.1, 0.15) is 42.4 Å². The van der Waals surface area contributed by atoms with Crippen LogP contribution in [-0.2, 0) is 16.0 Å². The molecule has 5 nitrogen and oxygen atoms in total. The van der Waals surface area contributed by atoms with Gasteiger partial charge in [0.25, 0.3) is 0 Å². The number of hydrogen-bond acceptors (Lipinski definition) is 3. The van der Waals surface area contributed by atoms with Crippen LogP contribution in [0.5, 0.6) is 0 Å². The standard InChI is InChI=1S/C21H31N3O2/c1-14-3-4-16(11-15(14)2)5-8-21(26)23-19-13-24(10-9-20(22)25)12-18(19)17-6-7-17/h3-4,11,17-19H,5-10,12-13H2,1-2H3,(H2,22,25)(H,23,26)/t18-,19+/m1/s1. The molecule has 0 spiro atoms. The first-order valence-corrected chi connectivity index (χ1v) is 9.78. The van der Waals surface area contributed by atoms with E-state index in [0.717, 1.165) is 25.4 Å². The zero-order valence-corrected chi connectivity index (χ0v) is 16.0. The molecule has 142 valence electrons. The molecule has 1 aliphatic carbocycles. The van der Waals surface area contributed by atoms with Gasteiger partial charge in [-0.3, -0.25) is 9.59 Å². The third-order valence-corrected chi connectivity index (χ3v) is 5.90. The van der Waals surface area contributed by atoms with Crippen molar-refractivity contribution in [3.63, 3.8) is 0 Å². The third kappa shape index (κ3) is 5.07. The molecule has 1 saturated heterocycles. The zero-order chi connectivity index (χ0) is 18.7. The van der Waals surface area contributed by atoms with Gasteiger partial charge < -0.3 is 16.0 Å². The summed E-state index contributed by atoms with van der Waals surface area (Å²) in [6.07, 6.45) is 4.23. The van der Waals surface area contributed by atoms with E-state index in [2.05, 4.69) is 42.3 Å². The van der Waals surface area contributed by atoms with Crippen LogP contribution in [0, 0.1) is 25.7 Å². The van der Waals surface area contributed by atoms with Gasteiger partial charge in [-0.1, -0.05) is 18.2 Å². The molecule has 2 fully saturated rings. The number of carbonyl (C=O) groups is 2. The lowest BCUT2D eigenvalue weighted by Crippen LogP contribution is -2.41. The van der Waals surface area contributed by atoms with Gasteiger partial charge in [-0.05, 0) is 61.6 Å². The first-order valence-electron chi connectivity index (χ1n) is 9.78. The molecule has 1 aliphatic heterocycles. The van der Waals surface area contributed by atoms with Crippen molar-refractivity contribution in [1.82, 2.24) is 10.2 Å². The van der Waals surface area contributed by atoms with Gasteiger partial charge in [0.15, 0.2) is 0 Å². The maximum Gasteiger partial charge on any atom is 0.220 e. The van der Waals surface area contributed by atoms with Crippen molar-refractivity contribution in [2.24, 2.45) is 17.6 Å². The average Bonchev–Trinajstić information content (AvgIpc) is 3.36. The highest BCUT2D eigenvalue weighted by Gasteiger charge is 2.42. The maximum absolute atomic E-state index is 12.5. The van der Waals surface area contributed by atoms with E-state index in [1.807, 2.05) is 0 Å². The second-order valence-electron chi connectivity index (χ2n) is 8.07. The van der Waals surface area contributed by atoms with Crippen LogP contribution in [0.4, 0.5) is 0 Å². The fourth-order valence-corrected chi connectivity index (χ4v) is 4.01. The minimum atomic E-state index is -0.256. The molecular formula is C21H31N3O2. The van der Waals surface area contributed by atoms with Gasteiger partial charge in [0, 0.05) is 38.5 Å². The molecule has 2 amide bonds. The van der Waals surface area contributed by atoms with Crippen molar-refractivity contribution >= 4 is 11.8 Å². The highest BCUT2D eigenvalue weighted by Crippen LogP contribution is 2.41. The molecule has 2 atom stereocenters. The second-order valence-corrected chi connectivity index (χ2v) is 8.07. The van der Waals surface area contributed by atoms with Crippen LogP contribution in [0.2, 0.25) is 0 Å². The Labute approximate surface area is 156 Å². The van der Waals surface area contributed by atoms with Gasteiger partial charge in [0.2, 0.25) is 11.8 Å². The first kappa shape index (κ1) is 18.9. The number of primary amides is 1. The monoisotopic (exact) mass is 357 g/mol. The van der Waals surface area contributed by atoms with E-state index in [0.29, 0.717) is 25.3 Å². The van der Waals surface area contributed by atoms with Crippen LogP contribution in [-0.4, -0.2) is 42.4 Å². The maximum atomic E-state index is 12.5. The SMILES string of the molecule is Cc1ccc(CCC(=O)N[C@H]2CN(CCC(N)=O)C[C@@H]2C2CC2)cc1C. The molecule has 5 heteroatoms. The summed E-state index contributed by atoms with van der Waals surface area (Å²) >= 11 is 0. The summed E-state index contributed by atoms with van der Waals surface area (Å²) in [7, 11) is 0. The van der Waals surface area contributed by atoms with Gasteiger partial charge >= 0.3 is 0 Å². The van der Waals surface area contributed by atoms with Crippen LogP contribution in [0.3, 0.4) is 0 Å². The quantitative estimate of drug-likeness (QED) is 0.746. The molecule has 0 radical (unpaired) electrons. The van der Waals surface area contributed by atoms with Gasteiger partial charge in [-0.2, -0.15) is 0 Å². The number of nitrogens with two attached hydrogens (primary N) is 1. The van der Waals surface area contributed by atoms with E-state index in [9.17, 15) is 9.59 Å². The number of nitrogens with zero attached hydrogens (tertiary/aromatic N) is 1. The molecule has 1 heterocycles. The number of carbonyl (C=O) groups excluding carboxylic acids is 2. The number of hydrogen-bond donors (Lipinski definition) is 2. The number of likely N-dealkylation sites (tertiary alicyclic amines) is 1. The lowest BCUT2D eigenvalue weighted by molar-refractivity contribution is -0.122. The molecule has 26 heavy (non-hydrogen) atoms. The highest BCUT2D eigenvalue weighted by molar-refractivity contribution is 5.76. The molecule has 3 N–H and O–H groups in total. The van der Waals surface area contributed by atoms with E-state index < -0.39 is 0 Å². The molecule has 1 aromatic rings. The van der Waals surface area contributed by atoms with Gasteiger partial charge in [-0.25, -0.2) is 0 Å². The van der Waals surface area contributed by atoms with Crippen molar-refractivity contribution in [1.29, 1.82) is 0 Å². The van der Waals surface area contributed by atoms with Gasteiger partial charge in [0.1, 0.15) is 0 Å². The Morgan fingerprint density at radius 2 is 1.92 bits per heavy atom. The minimum absolute atomic E-state index is 0.135. The smallest absolute Gasteiger partial charge is 0.220 e. The third-order valence-electron chi connectivity index (χ3n) is 5.90. The summed E-state index contributed by atoms with van der Waals surface area (Å²) in [5.74, 6) is 1.14. The lowest BCUT2D eigenvalue weighted by atomic mass is 9.97. The molecule has 1 saturated carbocycles. The summed E-state index contributed by atoms with van der Waals surface area (Å²) in [4.78, 5) is 25.8. The van der Waals surface area contributed by atoms with Crippen LogP contribution in [0.15, 0.2) is 18.2 Å². The minimum Gasteiger partial charge on any atom is -0.370 e. The number of benzene rings is 1. The normalized spacial score (nSPS) is 23.2. The first-order chi connectivity index (χ1) is 12.4. The Hall–Kier alpha value is -1.88. The number of nitrogens with one attached hydrogen (secondary N) is 1. The van der Waals surface area contributed by atoms with Crippen LogP contribution in [0.25, 0.3) is 0 Å². The molecular weight excluding hydrogens is 326 g/mol. The Morgan fingerprint density at radius 1 is 1.15 bits per heavy atom. The molecule has 0 aromatic heterocycles. The second kappa shape index (κ2) is 8.21. The van der Waals surface area contributed by atoms with Gasteiger partial charge in [0.05, 0.1) is 0 Å². The number of amides is 2. The molecule has 0 bridgehead atoms. The fraction of sp³-hybridized carbons (Fsp3) is 0.619. The largest absolute Gasteiger partial charge is 0.370 e. The number of rotatable bonds is 8. The highest BCUT2D eigenvalue weighted by atomic mass is 16.2. The van der Waals surface area contributed by atoms with E-state index in [-0.39, 0.29) is 17.9 Å². The Kier molecular flexibility index (Phi) is 5.97. The number of aryl methyl sites for hydroxylation is 3. The Balaban J connectivity index is 1.50. The van der Waals surface area contributed by atoms with Crippen molar-refractivity contribution in [2.75, 3.05) is 19.6 Å². The average molecular weight is 357 g/mol. The predicted molar refractivity (Wildman–Crippen MR) is 103 cm³/mol. The molecule has 1 aromatic carbocycles. The Bertz CT molecular complexity index is 669. The summed E-state index contributed by atoms with van der Waals surface area (Å²) in [5.41, 5.74) is 9.05. The fourth-order valence-electron chi connectivity index (χ4n) is 4.01. The van der Waals surface area contributed by atoms with Crippen molar-refractivity contribution in [3.8, 4) is 0 Å². The van der Waals surface area contributed by atoms with E-state index in [1.165, 1.54) is 29.5 Å². The van der Waals surface area contributed by atoms with Crippen molar-refractivity contribution < 1.29 is 9.59 Å². The zero-order valence-electron chi connectivity index (χ0n) is 16.0. The summed E-state index contributed by atoms with van der Waals surface area (Å²) < 4.78 is 0. The van der Waals surface area contributed by atoms with E-state index in [1.54, 1.807) is 0 Å². The Morgan fingerprint density at radius 3 is 2.58 bits per heavy atom. The summed E-state index contributed by atoms with van der Waals surface area (Å²) in [6, 6.07) is 6.63. The lowest BCUT2D eigenvalue weighted by Gasteiger charge is -2.19. The molecule has 2 aliphatic rings. The van der Waals surface area contributed by atoms with Crippen LogP contribution >= 0.6 is 0 Å². The van der Waals surface area contributed by atoms with Crippen molar-refractivity contribution in [3.05, 3.63) is 34.9 Å². The topological polar surface area (TPSA) is 75.4 Å². The van der Waals surface area contributed by atoms with E-state index >= 15 is 0 Å². The molecule has 3 rings (SSSR count).